The van der Waals surface area contributed by atoms with Crippen LogP contribution in [0.15, 0.2) is 76.3 Å². The molecule has 6 rings (SSSR count). The molecule has 1 fully saturated rings. The number of nitrogens with zero attached hydrogens (tertiary/aromatic N) is 3. The summed E-state index contributed by atoms with van der Waals surface area (Å²) in [4.78, 5) is 60.8. The van der Waals surface area contributed by atoms with Gasteiger partial charge in [-0.1, -0.05) is 57.9 Å². The van der Waals surface area contributed by atoms with Crippen LogP contribution in [-0.4, -0.2) is 77.5 Å². The zero-order valence-corrected chi connectivity index (χ0v) is 34.3. The van der Waals surface area contributed by atoms with Crippen LogP contribution < -0.4 is 4.90 Å². The van der Waals surface area contributed by atoms with E-state index in [1.54, 1.807) is 12.1 Å². The number of carbonyl (C=O) groups excluding carboxylic acids is 3. The van der Waals surface area contributed by atoms with E-state index < -0.39 is 50.6 Å². The van der Waals surface area contributed by atoms with E-state index in [0.717, 1.165) is 64.1 Å². The number of aliphatic imine (C=N–C) groups is 1. The van der Waals surface area contributed by atoms with Crippen LogP contribution in [0, 0.1) is 0 Å². The summed E-state index contributed by atoms with van der Waals surface area (Å²) < 4.78 is 34.7. The van der Waals surface area contributed by atoms with Gasteiger partial charge in [0.2, 0.25) is 0 Å². The molecule has 0 unspecified atom stereocenters. The summed E-state index contributed by atoms with van der Waals surface area (Å²) in [6, 6.07) is 11.0. The van der Waals surface area contributed by atoms with Gasteiger partial charge in [-0.25, -0.2) is 9.59 Å². The third-order valence-corrected chi connectivity index (χ3v) is 12.1. The number of hydrogen-bond acceptors (Lipinski definition) is 9. The third-order valence-electron chi connectivity index (χ3n) is 11.4. The van der Waals surface area contributed by atoms with Crippen molar-refractivity contribution in [1.82, 2.24) is 5.06 Å². The summed E-state index contributed by atoms with van der Waals surface area (Å²) in [5.41, 5.74) is 7.61. The van der Waals surface area contributed by atoms with Crippen LogP contribution >= 0.6 is 0 Å². The van der Waals surface area contributed by atoms with E-state index in [2.05, 4.69) is 43.9 Å². The quantitative estimate of drug-likeness (QED) is 0.110. The average molecular weight is 798 g/mol. The van der Waals surface area contributed by atoms with Gasteiger partial charge in [-0.05, 0) is 114 Å². The largest absolute Gasteiger partial charge is 0.478 e. The Morgan fingerprint density at radius 1 is 0.912 bits per heavy atom. The fraction of sp³-hybridized carbons (Fsp3) is 0.432. The highest BCUT2D eigenvalue weighted by molar-refractivity contribution is 7.86. The Labute approximate surface area is 334 Å². The van der Waals surface area contributed by atoms with E-state index in [4.69, 9.17) is 9.83 Å². The number of hydroxylamine groups is 2. The van der Waals surface area contributed by atoms with Crippen molar-refractivity contribution in [2.24, 2.45) is 4.99 Å². The Balaban J connectivity index is 1.42. The molecule has 1 saturated heterocycles. The monoisotopic (exact) mass is 797 g/mol. The van der Waals surface area contributed by atoms with Crippen molar-refractivity contribution in [3.05, 3.63) is 99.2 Å². The first-order chi connectivity index (χ1) is 26.8. The molecular weight excluding hydrogens is 747 g/mol. The van der Waals surface area contributed by atoms with Gasteiger partial charge in [0.15, 0.2) is 0 Å². The maximum Gasteiger partial charge on any atom is 0.336 e. The Bertz CT molecular complexity index is 2290. The minimum atomic E-state index is -4.38. The number of amides is 2. The van der Waals surface area contributed by atoms with E-state index in [1.165, 1.54) is 0 Å². The smallest absolute Gasteiger partial charge is 0.336 e. The van der Waals surface area contributed by atoms with Crippen LogP contribution in [0.4, 0.5) is 5.69 Å². The first-order valence-corrected chi connectivity index (χ1v) is 21.2. The van der Waals surface area contributed by atoms with Gasteiger partial charge < -0.3 is 14.8 Å². The summed E-state index contributed by atoms with van der Waals surface area (Å²) in [5.74, 6) is -3.25. The number of allylic oxidation sites excluding steroid dienone is 5. The molecule has 2 aromatic carbocycles. The highest BCUT2D eigenvalue weighted by Crippen LogP contribution is 2.54. The molecule has 0 spiro atoms. The average Bonchev–Trinajstić information content (AvgIpc) is 3.45. The number of rotatable bonds is 14. The van der Waals surface area contributed by atoms with Crippen molar-refractivity contribution < 1.29 is 42.1 Å². The number of fused-ring (bicyclic) bond motifs is 3. The van der Waals surface area contributed by atoms with Gasteiger partial charge in [-0.2, -0.15) is 8.42 Å². The molecule has 0 atom stereocenters. The molecule has 2 aliphatic carbocycles. The summed E-state index contributed by atoms with van der Waals surface area (Å²) in [6.45, 7) is 10.9. The molecule has 12 nitrogen and oxygen atoms in total. The molecule has 2 aliphatic heterocycles. The first-order valence-electron chi connectivity index (χ1n) is 19.6. The van der Waals surface area contributed by atoms with Crippen molar-refractivity contribution in [2.75, 3.05) is 24.2 Å². The van der Waals surface area contributed by atoms with E-state index in [0.29, 0.717) is 47.6 Å². The molecule has 13 heteroatoms. The van der Waals surface area contributed by atoms with Gasteiger partial charge in [-0.15, -0.1) is 5.06 Å². The lowest BCUT2D eigenvalue weighted by Gasteiger charge is -2.45. The zero-order chi connectivity index (χ0) is 41.4. The van der Waals surface area contributed by atoms with Crippen LogP contribution in [0.5, 0.6) is 0 Å². The van der Waals surface area contributed by atoms with Crippen molar-refractivity contribution in [1.29, 1.82) is 0 Å². The SMILES string of the molecule is CCCCC1=CC2=C(c3ccccc3C(=O)O)c3cc4c(cc3C(C)(C)C2=CC1=NCCCCCC(=O)ON1C(=O)CCC1=O)N(C)C(C)(C)C=C4CS(=O)(=O)O. The van der Waals surface area contributed by atoms with Crippen molar-refractivity contribution in [3.63, 3.8) is 0 Å². The second-order valence-corrected chi connectivity index (χ2v) is 17.7. The van der Waals surface area contributed by atoms with E-state index in [9.17, 15) is 37.3 Å². The number of hydrogen-bond donors (Lipinski definition) is 2. The van der Waals surface area contributed by atoms with Gasteiger partial charge in [0, 0.05) is 49.5 Å². The molecule has 0 bridgehead atoms. The highest BCUT2D eigenvalue weighted by Gasteiger charge is 2.42. The summed E-state index contributed by atoms with van der Waals surface area (Å²) >= 11 is 0. The Morgan fingerprint density at radius 3 is 2.28 bits per heavy atom. The van der Waals surface area contributed by atoms with Crippen molar-refractivity contribution in [2.45, 2.75) is 103 Å². The lowest BCUT2D eigenvalue weighted by Crippen LogP contribution is -2.43. The lowest BCUT2D eigenvalue weighted by molar-refractivity contribution is -0.197. The normalized spacial score (nSPS) is 19.1. The van der Waals surface area contributed by atoms with Crippen LogP contribution in [0.3, 0.4) is 0 Å². The molecule has 2 heterocycles. The third kappa shape index (κ3) is 8.45. The van der Waals surface area contributed by atoms with Gasteiger partial charge in [0.1, 0.15) is 5.75 Å². The van der Waals surface area contributed by atoms with Gasteiger partial charge in [0.05, 0.1) is 16.8 Å². The number of unbranched alkanes of at least 4 members (excludes halogenated alkanes) is 3. The standard InChI is InChI=1S/C44H51N3O9S/c1-7-8-14-27-21-32-34(23-36(27)45-20-13-9-10-17-40(50)56-47-38(48)18-19-39(47)49)44(4,5)35-24-37-31(28(26-57(53,54)55)25-43(2,3)46(37)6)22-33(35)41(32)29-15-11-12-16-30(29)42(51)52/h11-12,15-16,21-25H,7-10,13-14,17-20,26H2,1-6H3,(H,51,52)(H,53,54,55). The first kappa shape index (κ1) is 41.5. The van der Waals surface area contributed by atoms with Gasteiger partial charge in [0.25, 0.3) is 21.9 Å². The molecule has 0 aromatic heterocycles. The number of carboxylic acid groups (broad SMARTS) is 1. The number of benzene rings is 2. The molecule has 0 saturated carbocycles. The number of carboxylic acids is 1. The number of aromatic carboxylic acids is 1. The van der Waals surface area contributed by atoms with Crippen LogP contribution in [0.2, 0.25) is 0 Å². The number of likely N-dealkylation sites (N-methyl/N-ethyl adjacent to an activating group) is 1. The van der Waals surface area contributed by atoms with E-state index in [1.807, 2.05) is 45.2 Å². The van der Waals surface area contributed by atoms with Crippen molar-refractivity contribution >= 4 is 56.4 Å². The molecule has 0 radical (unpaired) electrons. The molecule has 57 heavy (non-hydrogen) atoms. The molecular formula is C44H51N3O9S. The van der Waals surface area contributed by atoms with Gasteiger partial charge in [-0.3, -0.25) is 19.1 Å². The zero-order valence-electron chi connectivity index (χ0n) is 33.5. The Kier molecular flexibility index (Phi) is 11.7. The second-order valence-electron chi connectivity index (χ2n) is 16.2. The fourth-order valence-corrected chi connectivity index (χ4v) is 8.81. The fourth-order valence-electron chi connectivity index (χ4n) is 8.18. The van der Waals surface area contributed by atoms with Gasteiger partial charge >= 0.3 is 11.9 Å². The minimum Gasteiger partial charge on any atom is -0.478 e. The Morgan fingerprint density at radius 2 is 1.61 bits per heavy atom. The lowest BCUT2D eigenvalue weighted by atomic mass is 9.62. The second kappa shape index (κ2) is 16.0. The maximum atomic E-state index is 12.8. The van der Waals surface area contributed by atoms with Crippen LogP contribution in [0.25, 0.3) is 11.1 Å². The van der Waals surface area contributed by atoms with E-state index >= 15 is 0 Å². The van der Waals surface area contributed by atoms with Crippen LogP contribution in [0.1, 0.15) is 125 Å². The maximum absolute atomic E-state index is 12.8. The predicted molar refractivity (Wildman–Crippen MR) is 219 cm³/mol. The highest BCUT2D eigenvalue weighted by atomic mass is 32.2. The number of imide groups is 1. The van der Waals surface area contributed by atoms with Crippen LogP contribution in [-0.2, 0) is 34.8 Å². The summed E-state index contributed by atoms with van der Waals surface area (Å²) in [7, 11) is -2.43. The number of carbonyl (C=O) groups is 4. The number of anilines is 1. The molecule has 302 valence electrons. The summed E-state index contributed by atoms with van der Waals surface area (Å²) in [5, 5.41) is 11.0. The molecule has 2 N–H and O–H groups in total. The predicted octanol–water partition coefficient (Wildman–Crippen LogP) is 7.64. The van der Waals surface area contributed by atoms with Crippen molar-refractivity contribution in [3.8, 4) is 0 Å². The summed E-state index contributed by atoms with van der Waals surface area (Å²) in [6.07, 6.45) is 10.8. The topological polar surface area (TPSA) is 171 Å². The molecule has 2 amide bonds. The Hall–Kier alpha value is -5.14. The minimum absolute atomic E-state index is 0.0466. The molecule has 4 aliphatic rings. The molecule has 2 aromatic rings. The van der Waals surface area contributed by atoms with E-state index in [-0.39, 0.29) is 24.8 Å².